The average molecular weight is 458 g/mol. The van der Waals surface area contributed by atoms with Crippen molar-refractivity contribution in [2.24, 2.45) is 5.92 Å². The normalized spacial score (nSPS) is 18.5. The summed E-state index contributed by atoms with van der Waals surface area (Å²) in [4.78, 5) is 12.8. The highest BCUT2D eigenvalue weighted by atomic mass is 79.9. The Hall–Kier alpha value is -1.41. The minimum absolute atomic E-state index is 0.161. The Kier molecular flexibility index (Phi) is 6.02. The van der Waals surface area contributed by atoms with E-state index in [1.807, 2.05) is 0 Å². The smallest absolute Gasteiger partial charge is 0.243 e. The molecule has 2 aromatic rings. The molecule has 138 valence electrons. The largest absolute Gasteiger partial charge is 0.324 e. The molecule has 0 aliphatic carbocycles. The van der Waals surface area contributed by atoms with Crippen LogP contribution in [0.2, 0.25) is 5.02 Å². The predicted molar refractivity (Wildman–Crippen MR) is 106 cm³/mol. The van der Waals surface area contributed by atoms with Crippen molar-refractivity contribution >= 4 is 49.1 Å². The van der Waals surface area contributed by atoms with Crippen LogP contribution in [0.1, 0.15) is 12.8 Å². The van der Waals surface area contributed by atoms with E-state index in [0.29, 0.717) is 30.1 Å². The van der Waals surface area contributed by atoms with Crippen molar-refractivity contribution in [3.05, 3.63) is 58.0 Å². The summed E-state index contributed by atoms with van der Waals surface area (Å²) in [5, 5.41) is 3.26. The van der Waals surface area contributed by atoms with E-state index in [4.69, 9.17) is 11.6 Å². The molecule has 1 heterocycles. The zero-order chi connectivity index (χ0) is 18.7. The van der Waals surface area contributed by atoms with Crippen molar-refractivity contribution in [2.45, 2.75) is 17.7 Å². The van der Waals surface area contributed by atoms with Gasteiger partial charge < -0.3 is 5.32 Å². The maximum absolute atomic E-state index is 12.8. The van der Waals surface area contributed by atoms with Crippen LogP contribution in [0.5, 0.6) is 0 Å². The van der Waals surface area contributed by atoms with Gasteiger partial charge in [0.25, 0.3) is 0 Å². The number of rotatable bonds is 4. The summed E-state index contributed by atoms with van der Waals surface area (Å²) in [5.41, 5.74) is 0.534. The highest BCUT2D eigenvalue weighted by Crippen LogP contribution is 2.27. The number of sulfonamides is 1. The van der Waals surface area contributed by atoms with Gasteiger partial charge in [-0.05, 0) is 49.2 Å². The van der Waals surface area contributed by atoms with Gasteiger partial charge in [-0.1, -0.05) is 39.7 Å². The first-order chi connectivity index (χ1) is 12.4. The lowest BCUT2D eigenvalue weighted by Crippen LogP contribution is -2.43. The van der Waals surface area contributed by atoms with Gasteiger partial charge in [-0.2, -0.15) is 4.31 Å². The lowest BCUT2D eigenvalue weighted by Gasteiger charge is -2.31. The number of carbonyl (C=O) groups is 1. The Balaban J connectivity index is 1.73. The predicted octanol–water partition coefficient (Wildman–Crippen LogP) is 4.14. The third kappa shape index (κ3) is 4.28. The topological polar surface area (TPSA) is 66.5 Å². The van der Waals surface area contributed by atoms with Gasteiger partial charge in [-0.15, -0.1) is 0 Å². The zero-order valence-corrected chi connectivity index (χ0v) is 17.0. The molecular formula is C18H18BrClN2O3S. The number of piperidine rings is 1. The van der Waals surface area contributed by atoms with Crippen molar-refractivity contribution in [1.29, 1.82) is 0 Å². The summed E-state index contributed by atoms with van der Waals surface area (Å²) in [6.07, 6.45) is 1.28. The Labute approximate surface area is 166 Å². The summed E-state index contributed by atoms with van der Waals surface area (Å²) < 4.78 is 27.9. The molecule has 5 nitrogen and oxygen atoms in total. The van der Waals surface area contributed by atoms with Crippen molar-refractivity contribution in [2.75, 3.05) is 18.4 Å². The Morgan fingerprint density at radius 3 is 2.54 bits per heavy atom. The van der Waals surface area contributed by atoms with Crippen LogP contribution in [-0.2, 0) is 14.8 Å². The number of benzene rings is 2. The molecule has 1 fully saturated rings. The van der Waals surface area contributed by atoms with Crippen LogP contribution in [0.4, 0.5) is 5.69 Å². The molecule has 1 N–H and O–H groups in total. The molecule has 1 amide bonds. The van der Waals surface area contributed by atoms with E-state index in [1.165, 1.54) is 4.31 Å². The Morgan fingerprint density at radius 2 is 1.85 bits per heavy atom. The van der Waals surface area contributed by atoms with E-state index in [0.717, 1.165) is 4.47 Å². The van der Waals surface area contributed by atoms with Crippen LogP contribution in [0.25, 0.3) is 0 Å². The van der Waals surface area contributed by atoms with Gasteiger partial charge >= 0.3 is 0 Å². The molecule has 1 atom stereocenters. The minimum Gasteiger partial charge on any atom is -0.324 e. The quantitative estimate of drug-likeness (QED) is 0.750. The van der Waals surface area contributed by atoms with Gasteiger partial charge in [-0.3, -0.25) is 4.79 Å². The SMILES string of the molecule is O=C(Nc1ccccc1Cl)[C@H]1CCCN(S(=O)(=O)c2ccc(Br)cc2)C1. The molecule has 0 radical (unpaired) electrons. The van der Waals surface area contributed by atoms with Crippen LogP contribution in [0.3, 0.4) is 0 Å². The number of amides is 1. The first-order valence-corrected chi connectivity index (χ1v) is 10.8. The fourth-order valence-electron chi connectivity index (χ4n) is 2.93. The number of halogens is 2. The number of anilines is 1. The summed E-state index contributed by atoms with van der Waals surface area (Å²) in [7, 11) is -3.62. The van der Waals surface area contributed by atoms with Gasteiger partial charge in [0.15, 0.2) is 0 Å². The number of para-hydroxylation sites is 1. The van der Waals surface area contributed by atoms with Crippen molar-refractivity contribution in [3.63, 3.8) is 0 Å². The number of hydrogen-bond acceptors (Lipinski definition) is 3. The zero-order valence-electron chi connectivity index (χ0n) is 13.9. The van der Waals surface area contributed by atoms with Crippen LogP contribution >= 0.6 is 27.5 Å². The molecule has 1 saturated heterocycles. The first-order valence-electron chi connectivity index (χ1n) is 8.19. The van der Waals surface area contributed by atoms with Gasteiger partial charge in [-0.25, -0.2) is 8.42 Å². The molecule has 0 unspecified atom stereocenters. The van der Waals surface area contributed by atoms with E-state index in [2.05, 4.69) is 21.2 Å². The van der Waals surface area contributed by atoms with E-state index in [9.17, 15) is 13.2 Å². The minimum atomic E-state index is -3.62. The van der Waals surface area contributed by atoms with Crippen molar-refractivity contribution < 1.29 is 13.2 Å². The van der Waals surface area contributed by atoms with Crippen LogP contribution in [0.15, 0.2) is 57.9 Å². The Bertz CT molecular complexity index is 903. The number of nitrogens with one attached hydrogen (secondary N) is 1. The molecule has 1 aliphatic rings. The maximum atomic E-state index is 12.8. The van der Waals surface area contributed by atoms with Gasteiger partial charge in [0.05, 0.1) is 21.5 Å². The standard InChI is InChI=1S/C18H18BrClN2O3S/c19-14-7-9-15(10-8-14)26(24,25)22-11-3-4-13(12-22)18(23)21-17-6-2-1-5-16(17)20/h1-2,5-10,13H,3-4,11-12H2,(H,21,23)/t13-/m0/s1. The summed E-state index contributed by atoms with van der Waals surface area (Å²) >= 11 is 9.38. The van der Waals surface area contributed by atoms with Crippen LogP contribution in [-0.4, -0.2) is 31.7 Å². The molecular weight excluding hydrogens is 440 g/mol. The molecule has 26 heavy (non-hydrogen) atoms. The maximum Gasteiger partial charge on any atom is 0.243 e. The molecule has 0 saturated carbocycles. The van der Waals surface area contributed by atoms with E-state index >= 15 is 0 Å². The highest BCUT2D eigenvalue weighted by molar-refractivity contribution is 9.10. The lowest BCUT2D eigenvalue weighted by atomic mass is 9.99. The first kappa shape index (κ1) is 19.4. The van der Waals surface area contributed by atoms with Gasteiger partial charge in [0.1, 0.15) is 0 Å². The molecule has 0 aromatic heterocycles. The highest BCUT2D eigenvalue weighted by Gasteiger charge is 2.33. The summed E-state index contributed by atoms with van der Waals surface area (Å²) in [6.45, 7) is 0.572. The van der Waals surface area contributed by atoms with Crippen LogP contribution in [0, 0.1) is 5.92 Å². The molecule has 1 aliphatic heterocycles. The summed E-state index contributed by atoms with van der Waals surface area (Å²) in [6, 6.07) is 13.5. The molecule has 0 bridgehead atoms. The fraction of sp³-hybridized carbons (Fsp3) is 0.278. The third-order valence-corrected chi connectivity index (χ3v) is 7.08. The second kappa shape index (κ2) is 8.08. The lowest BCUT2D eigenvalue weighted by molar-refractivity contribution is -0.120. The Morgan fingerprint density at radius 1 is 1.15 bits per heavy atom. The van der Waals surface area contributed by atoms with Gasteiger partial charge in [0, 0.05) is 17.6 Å². The van der Waals surface area contributed by atoms with Gasteiger partial charge in [0.2, 0.25) is 15.9 Å². The van der Waals surface area contributed by atoms with Crippen LogP contribution < -0.4 is 5.32 Å². The molecule has 2 aromatic carbocycles. The average Bonchev–Trinajstić information content (AvgIpc) is 2.64. The second-order valence-corrected chi connectivity index (χ2v) is 9.39. The molecule has 0 spiro atoms. The molecule has 3 rings (SSSR count). The van der Waals surface area contributed by atoms with Crippen molar-refractivity contribution in [1.82, 2.24) is 4.31 Å². The number of nitrogens with zero attached hydrogens (tertiary/aromatic N) is 1. The van der Waals surface area contributed by atoms with E-state index < -0.39 is 15.9 Å². The summed E-state index contributed by atoms with van der Waals surface area (Å²) in [5.74, 6) is -0.626. The van der Waals surface area contributed by atoms with E-state index in [-0.39, 0.29) is 17.3 Å². The fourth-order valence-corrected chi connectivity index (χ4v) is 4.90. The monoisotopic (exact) mass is 456 g/mol. The van der Waals surface area contributed by atoms with E-state index in [1.54, 1.807) is 48.5 Å². The number of hydrogen-bond donors (Lipinski definition) is 1. The third-order valence-electron chi connectivity index (χ3n) is 4.34. The van der Waals surface area contributed by atoms with Crippen molar-refractivity contribution in [3.8, 4) is 0 Å². The molecule has 8 heteroatoms. The number of carbonyl (C=O) groups excluding carboxylic acids is 1. The second-order valence-electron chi connectivity index (χ2n) is 6.13.